The van der Waals surface area contributed by atoms with Gasteiger partial charge in [-0.05, 0) is 37.8 Å². The predicted octanol–water partition coefficient (Wildman–Crippen LogP) is 3.32. The number of halogens is 3. The molecule has 2 aliphatic rings. The molecular formula is C19H29ClFIN4O2S. The third-order valence-corrected chi connectivity index (χ3v) is 7.76. The van der Waals surface area contributed by atoms with Crippen LogP contribution >= 0.6 is 35.6 Å². The topological polar surface area (TPSA) is 73.8 Å². The van der Waals surface area contributed by atoms with Crippen molar-refractivity contribution < 1.29 is 12.8 Å². The molecule has 164 valence electrons. The number of benzene rings is 1. The Kier molecular flexibility index (Phi) is 8.99. The lowest BCUT2D eigenvalue weighted by Gasteiger charge is -2.32. The summed E-state index contributed by atoms with van der Waals surface area (Å²) in [5.74, 6) is 0.629. The molecule has 0 aromatic heterocycles. The summed E-state index contributed by atoms with van der Waals surface area (Å²) in [5, 5.41) is 7.16. The van der Waals surface area contributed by atoms with E-state index in [1.54, 1.807) is 23.5 Å². The van der Waals surface area contributed by atoms with Crippen molar-refractivity contribution in [3.8, 4) is 0 Å². The number of sulfonamides is 1. The Bertz CT molecular complexity index is 811. The average Bonchev–Trinajstić information content (AvgIpc) is 3.40. The molecule has 1 aliphatic heterocycles. The largest absolute Gasteiger partial charge is 0.354 e. The highest BCUT2D eigenvalue weighted by Gasteiger charge is 2.42. The van der Waals surface area contributed by atoms with Gasteiger partial charge in [0, 0.05) is 48.7 Å². The third-order valence-electron chi connectivity index (χ3n) is 5.36. The monoisotopic (exact) mass is 558 g/mol. The van der Waals surface area contributed by atoms with E-state index in [2.05, 4.69) is 15.6 Å². The number of hydrogen-bond donors (Lipinski definition) is 2. The van der Waals surface area contributed by atoms with E-state index in [4.69, 9.17) is 11.6 Å². The van der Waals surface area contributed by atoms with Crippen LogP contribution in [0.15, 0.2) is 23.2 Å². The molecule has 0 bridgehead atoms. The van der Waals surface area contributed by atoms with Crippen LogP contribution in [0.3, 0.4) is 0 Å². The Balaban J connectivity index is 0.00000300. The molecule has 1 aromatic carbocycles. The summed E-state index contributed by atoms with van der Waals surface area (Å²) in [6.45, 7) is 2.92. The Morgan fingerprint density at radius 2 is 2.00 bits per heavy atom. The Labute approximate surface area is 194 Å². The normalized spacial score (nSPS) is 23.4. The van der Waals surface area contributed by atoms with Crippen LogP contribution in [0.2, 0.25) is 5.02 Å². The zero-order valence-electron chi connectivity index (χ0n) is 16.7. The number of nitrogens with zero attached hydrogens (tertiary/aromatic N) is 2. The minimum absolute atomic E-state index is 0. The summed E-state index contributed by atoms with van der Waals surface area (Å²) in [4.78, 5) is 4.27. The van der Waals surface area contributed by atoms with Crippen molar-refractivity contribution in [3.05, 3.63) is 34.6 Å². The maximum absolute atomic E-state index is 14.1. The molecule has 1 aromatic rings. The van der Waals surface area contributed by atoms with E-state index in [1.807, 2.05) is 6.92 Å². The highest BCUT2D eigenvalue weighted by Crippen LogP contribution is 2.44. The van der Waals surface area contributed by atoms with Crippen molar-refractivity contribution in [1.29, 1.82) is 0 Å². The van der Waals surface area contributed by atoms with Gasteiger partial charge in [-0.1, -0.05) is 24.6 Å². The van der Waals surface area contributed by atoms with E-state index in [1.165, 1.54) is 6.07 Å². The predicted molar refractivity (Wildman–Crippen MR) is 126 cm³/mol. The first kappa shape index (κ1) is 24.6. The van der Waals surface area contributed by atoms with Crippen LogP contribution in [0, 0.1) is 5.82 Å². The van der Waals surface area contributed by atoms with E-state index in [0.717, 1.165) is 19.3 Å². The van der Waals surface area contributed by atoms with Crippen LogP contribution in [0.4, 0.5) is 4.39 Å². The molecule has 0 radical (unpaired) electrons. The molecule has 2 atom stereocenters. The van der Waals surface area contributed by atoms with Crippen LogP contribution in [-0.2, 0) is 10.0 Å². The second kappa shape index (κ2) is 10.6. The van der Waals surface area contributed by atoms with Crippen molar-refractivity contribution in [2.24, 2.45) is 4.99 Å². The van der Waals surface area contributed by atoms with Crippen LogP contribution in [0.5, 0.6) is 0 Å². The number of nitrogens with one attached hydrogen (secondary N) is 2. The number of hydrogen-bond acceptors (Lipinski definition) is 3. The maximum atomic E-state index is 14.1. The summed E-state index contributed by atoms with van der Waals surface area (Å²) in [7, 11) is -1.44. The summed E-state index contributed by atoms with van der Waals surface area (Å²) >= 11 is 6.16. The van der Waals surface area contributed by atoms with E-state index in [-0.39, 0.29) is 53.5 Å². The first-order valence-electron chi connectivity index (χ1n) is 9.77. The number of aliphatic imine (C=N–C) groups is 1. The smallest absolute Gasteiger partial charge is 0.214 e. The maximum Gasteiger partial charge on any atom is 0.214 e. The van der Waals surface area contributed by atoms with Crippen LogP contribution in [0.25, 0.3) is 0 Å². The molecule has 1 saturated heterocycles. The van der Waals surface area contributed by atoms with Crippen molar-refractivity contribution in [2.45, 2.75) is 50.6 Å². The van der Waals surface area contributed by atoms with Gasteiger partial charge in [0.05, 0.1) is 5.75 Å². The summed E-state index contributed by atoms with van der Waals surface area (Å²) in [6.07, 6.45) is 2.90. The molecule has 1 saturated carbocycles. The molecule has 3 rings (SSSR count). The van der Waals surface area contributed by atoms with Crippen molar-refractivity contribution in [3.63, 3.8) is 0 Å². The van der Waals surface area contributed by atoms with Crippen molar-refractivity contribution in [2.75, 3.05) is 25.9 Å². The minimum atomic E-state index is -3.13. The second-order valence-corrected chi connectivity index (χ2v) is 9.93. The van der Waals surface area contributed by atoms with Gasteiger partial charge in [0.15, 0.2) is 5.96 Å². The van der Waals surface area contributed by atoms with Gasteiger partial charge in [-0.2, -0.15) is 0 Å². The Hall–Kier alpha value is -0.650. The fourth-order valence-electron chi connectivity index (χ4n) is 3.74. The first-order chi connectivity index (χ1) is 13.4. The lowest BCUT2D eigenvalue weighted by atomic mass is 10.1. The summed E-state index contributed by atoms with van der Waals surface area (Å²) in [6, 6.07) is 5.01. The SMILES string of the molecule is CCCS(=O)(=O)N1CCC(NC(=NC)NC2CC2c2c(F)cccc2Cl)CC1.I. The Morgan fingerprint density at radius 3 is 2.59 bits per heavy atom. The first-order valence-corrected chi connectivity index (χ1v) is 11.8. The van der Waals surface area contributed by atoms with Gasteiger partial charge in [0.1, 0.15) is 5.82 Å². The number of rotatable bonds is 6. The molecule has 29 heavy (non-hydrogen) atoms. The zero-order chi connectivity index (χ0) is 20.3. The molecule has 2 N–H and O–H groups in total. The van der Waals surface area contributed by atoms with Gasteiger partial charge in [0.25, 0.3) is 0 Å². The zero-order valence-corrected chi connectivity index (χ0v) is 20.6. The standard InChI is InChI=1S/C19H28ClFN4O2S.HI/c1-3-11-28(26,27)25-9-7-13(8-10-25)23-19(22-2)24-17-12-14(17)18-15(20)5-4-6-16(18)21;/h4-6,13-14,17H,3,7-12H2,1-2H3,(H2,22,23,24);1H. The molecule has 1 heterocycles. The van der Waals surface area contributed by atoms with E-state index in [0.29, 0.717) is 36.1 Å². The fourth-order valence-corrected chi connectivity index (χ4v) is 5.59. The Morgan fingerprint density at radius 1 is 1.31 bits per heavy atom. The molecule has 0 spiro atoms. The third kappa shape index (κ3) is 6.18. The van der Waals surface area contributed by atoms with Gasteiger partial charge in [-0.3, -0.25) is 4.99 Å². The highest BCUT2D eigenvalue weighted by atomic mass is 127. The molecule has 2 unspecified atom stereocenters. The summed E-state index contributed by atoms with van der Waals surface area (Å²) in [5.41, 5.74) is 0.562. The van der Waals surface area contributed by atoms with Crippen LogP contribution in [-0.4, -0.2) is 56.7 Å². The van der Waals surface area contributed by atoms with E-state index >= 15 is 0 Å². The minimum Gasteiger partial charge on any atom is -0.354 e. The molecule has 6 nitrogen and oxygen atoms in total. The van der Waals surface area contributed by atoms with Gasteiger partial charge in [-0.15, -0.1) is 24.0 Å². The van der Waals surface area contributed by atoms with Gasteiger partial charge < -0.3 is 10.6 Å². The molecular weight excluding hydrogens is 530 g/mol. The van der Waals surface area contributed by atoms with Crippen LogP contribution in [0.1, 0.15) is 44.1 Å². The summed E-state index contributed by atoms with van der Waals surface area (Å²) < 4.78 is 40.0. The fraction of sp³-hybridized carbons (Fsp3) is 0.632. The lowest BCUT2D eigenvalue weighted by Crippen LogP contribution is -2.50. The number of piperidine rings is 1. The van der Waals surface area contributed by atoms with E-state index < -0.39 is 10.0 Å². The van der Waals surface area contributed by atoms with E-state index in [9.17, 15) is 12.8 Å². The van der Waals surface area contributed by atoms with Gasteiger partial charge in [0.2, 0.25) is 10.0 Å². The second-order valence-electron chi connectivity index (χ2n) is 7.43. The number of guanidine groups is 1. The van der Waals surface area contributed by atoms with Gasteiger partial charge in [-0.25, -0.2) is 17.1 Å². The van der Waals surface area contributed by atoms with Crippen LogP contribution < -0.4 is 10.6 Å². The molecule has 0 amide bonds. The molecule has 1 aliphatic carbocycles. The quantitative estimate of drug-likeness (QED) is 0.319. The van der Waals surface area contributed by atoms with Gasteiger partial charge >= 0.3 is 0 Å². The average molecular weight is 559 g/mol. The lowest BCUT2D eigenvalue weighted by molar-refractivity contribution is 0.306. The highest BCUT2D eigenvalue weighted by molar-refractivity contribution is 14.0. The van der Waals surface area contributed by atoms with Crippen molar-refractivity contribution in [1.82, 2.24) is 14.9 Å². The van der Waals surface area contributed by atoms with Crippen molar-refractivity contribution >= 4 is 51.6 Å². The molecule has 10 heteroatoms. The molecule has 2 fully saturated rings.